The van der Waals surface area contributed by atoms with Gasteiger partial charge in [0.2, 0.25) is 0 Å². The summed E-state index contributed by atoms with van der Waals surface area (Å²) in [4.78, 5) is 17.8. The molecule has 1 aromatic heterocycles. The van der Waals surface area contributed by atoms with Gasteiger partial charge in [-0.25, -0.2) is 0 Å². The van der Waals surface area contributed by atoms with E-state index in [-0.39, 0.29) is 0 Å². The lowest BCUT2D eigenvalue weighted by molar-refractivity contribution is -0.117. The van der Waals surface area contributed by atoms with Gasteiger partial charge in [0.05, 0.1) is 22.7 Å². The Morgan fingerprint density at radius 3 is 2.47 bits per heavy atom. The van der Waals surface area contributed by atoms with E-state index in [1.54, 1.807) is 30.6 Å². The van der Waals surface area contributed by atoms with E-state index < -0.39 is 11.0 Å². The van der Waals surface area contributed by atoms with Gasteiger partial charge < -0.3 is 14.8 Å². The van der Waals surface area contributed by atoms with Gasteiger partial charge in [-0.05, 0) is 73.9 Å². The third kappa shape index (κ3) is 6.73. The molecule has 3 aromatic rings. The maximum absolute atomic E-state index is 11.8. The summed E-state index contributed by atoms with van der Waals surface area (Å²) in [7, 11) is 0. The maximum Gasteiger partial charge on any atom is 0.139 e. The van der Waals surface area contributed by atoms with E-state index in [1.807, 2.05) is 61.2 Å². The fraction of sp³-hybridized carbons (Fsp3) is 0.269. The van der Waals surface area contributed by atoms with Crippen LogP contribution in [0.1, 0.15) is 25.8 Å². The molecule has 0 amide bonds. The van der Waals surface area contributed by atoms with Crippen LogP contribution in [0.2, 0.25) is 5.02 Å². The minimum absolute atomic E-state index is 0.359. The second-order valence-electron chi connectivity index (χ2n) is 8.25. The number of nitrogens with one attached hydrogen (secondary N) is 1. The van der Waals surface area contributed by atoms with E-state index in [0.29, 0.717) is 35.8 Å². The van der Waals surface area contributed by atoms with Gasteiger partial charge in [-0.3, -0.25) is 9.88 Å². The van der Waals surface area contributed by atoms with Crippen molar-refractivity contribution in [3.05, 3.63) is 77.6 Å². The number of halogens is 1. The Hall–Kier alpha value is -3.05. The molecule has 0 fully saturated rings. The number of aromatic nitrogens is 1. The molecule has 3 rings (SSSR count). The van der Waals surface area contributed by atoms with Crippen LogP contribution in [0.4, 0.5) is 5.69 Å². The van der Waals surface area contributed by atoms with Crippen molar-refractivity contribution >= 4 is 36.2 Å². The Kier molecular flexibility index (Phi) is 8.94. The summed E-state index contributed by atoms with van der Waals surface area (Å²) in [5.41, 5.74) is 2.11. The van der Waals surface area contributed by atoms with Gasteiger partial charge in [-0.1, -0.05) is 23.7 Å². The third-order valence-corrected chi connectivity index (χ3v) is 6.11. The highest BCUT2D eigenvalue weighted by Crippen LogP contribution is 2.25. The first-order chi connectivity index (χ1) is 16.3. The van der Waals surface area contributed by atoms with Gasteiger partial charge in [0, 0.05) is 24.6 Å². The number of nitrogens with zero attached hydrogens (tertiary/aromatic N) is 3. The number of anilines is 1. The topological polar surface area (TPSA) is 78.2 Å². The monoisotopic (exact) mass is 494 g/mol. The number of nitriles is 1. The number of aldehydes is 1. The van der Waals surface area contributed by atoms with Crippen molar-refractivity contribution in [2.45, 2.75) is 31.3 Å². The zero-order valence-electron chi connectivity index (χ0n) is 19.1. The molecule has 1 N–H and O–H groups in total. The van der Waals surface area contributed by atoms with Crippen LogP contribution in [0.25, 0.3) is 11.1 Å². The van der Waals surface area contributed by atoms with Gasteiger partial charge in [-0.2, -0.15) is 5.26 Å². The lowest BCUT2D eigenvalue weighted by Crippen LogP contribution is -2.52. The fourth-order valence-corrected chi connectivity index (χ4v) is 4.21. The van der Waals surface area contributed by atoms with Crippen molar-refractivity contribution in [3.63, 3.8) is 0 Å². The van der Waals surface area contributed by atoms with E-state index in [9.17, 15) is 4.79 Å². The summed E-state index contributed by atoms with van der Waals surface area (Å²) in [6.45, 7) is 4.75. The second kappa shape index (κ2) is 11.9. The molecule has 0 radical (unpaired) electrons. The van der Waals surface area contributed by atoms with Crippen molar-refractivity contribution in [1.82, 2.24) is 9.88 Å². The normalized spacial score (nSPS) is 12.1. The summed E-state index contributed by atoms with van der Waals surface area (Å²) in [5, 5.41) is 12.7. The van der Waals surface area contributed by atoms with Crippen LogP contribution in [0.3, 0.4) is 0 Å². The van der Waals surface area contributed by atoms with E-state index >= 15 is 0 Å². The highest BCUT2D eigenvalue weighted by molar-refractivity contribution is 7.81. The first-order valence-corrected chi connectivity index (χ1v) is 11.7. The molecule has 1 atom stereocenters. The van der Waals surface area contributed by atoms with E-state index in [4.69, 9.17) is 21.6 Å². The lowest BCUT2D eigenvalue weighted by Gasteiger charge is -2.39. The molecule has 0 aliphatic heterocycles. The molecule has 0 unspecified atom stereocenters. The molecular formula is C26H27ClN4O2S. The second-order valence-corrected chi connectivity index (χ2v) is 9.15. The number of ether oxygens (including phenoxy) is 1. The van der Waals surface area contributed by atoms with Crippen molar-refractivity contribution in [2.24, 2.45) is 0 Å². The zero-order valence-corrected chi connectivity index (χ0v) is 20.8. The number of thiol groups is 1. The number of pyridine rings is 1. The average Bonchev–Trinajstić information content (AvgIpc) is 2.84. The van der Waals surface area contributed by atoms with Crippen molar-refractivity contribution in [3.8, 4) is 22.9 Å². The van der Waals surface area contributed by atoms with Crippen LogP contribution in [0, 0.1) is 11.3 Å². The Labute approximate surface area is 210 Å². The molecule has 2 aromatic carbocycles. The molecule has 0 aliphatic rings. The van der Waals surface area contributed by atoms with Crippen molar-refractivity contribution in [2.75, 3.05) is 18.5 Å². The largest absolute Gasteiger partial charge is 0.494 e. The first-order valence-electron chi connectivity index (χ1n) is 10.8. The van der Waals surface area contributed by atoms with Crippen LogP contribution in [0.15, 0.2) is 67.0 Å². The summed E-state index contributed by atoms with van der Waals surface area (Å²) < 4.78 is 5.91. The minimum Gasteiger partial charge on any atom is -0.494 e. The number of benzene rings is 2. The number of hydrogen-bond acceptors (Lipinski definition) is 7. The van der Waals surface area contributed by atoms with Gasteiger partial charge in [-0.15, -0.1) is 12.6 Å². The summed E-state index contributed by atoms with van der Waals surface area (Å²) in [6.07, 6.45) is 5.14. The minimum atomic E-state index is -0.748. The molecule has 8 heteroatoms. The van der Waals surface area contributed by atoms with Crippen LogP contribution < -0.4 is 10.1 Å². The average molecular weight is 495 g/mol. The van der Waals surface area contributed by atoms with E-state index in [2.05, 4.69) is 22.9 Å². The predicted octanol–water partition coefficient (Wildman–Crippen LogP) is 5.65. The quantitative estimate of drug-likeness (QED) is 0.155. The summed E-state index contributed by atoms with van der Waals surface area (Å²) in [5.74, 6) is 0.784. The Morgan fingerprint density at radius 1 is 1.18 bits per heavy atom. The number of rotatable bonds is 11. The van der Waals surface area contributed by atoms with Crippen LogP contribution in [-0.4, -0.2) is 40.4 Å². The molecule has 0 spiro atoms. The van der Waals surface area contributed by atoms with Gasteiger partial charge in [0.15, 0.2) is 0 Å². The molecule has 1 heterocycles. The van der Waals surface area contributed by atoms with Crippen LogP contribution in [0.5, 0.6) is 5.75 Å². The fourth-order valence-electron chi connectivity index (χ4n) is 3.43. The first kappa shape index (κ1) is 25.6. The van der Waals surface area contributed by atoms with Gasteiger partial charge >= 0.3 is 0 Å². The molecule has 6 nitrogen and oxygen atoms in total. The number of hydrogen-bond donors (Lipinski definition) is 2. The third-order valence-electron chi connectivity index (χ3n) is 5.39. The molecule has 0 bridgehead atoms. The van der Waals surface area contributed by atoms with Crippen molar-refractivity contribution in [1.29, 1.82) is 5.26 Å². The van der Waals surface area contributed by atoms with E-state index in [0.717, 1.165) is 23.2 Å². The highest BCUT2D eigenvalue weighted by Gasteiger charge is 2.30. The molecule has 176 valence electrons. The standard InChI is InChI=1S/C26H27ClN4O2S/c1-26(2,18-32)31(25(34)30-22-7-4-21(17-28)24(27)16-22)14-3-15-33-23-8-5-19(6-9-23)20-10-12-29-13-11-20/h4-13,16,18,25,30,34H,3,14-15H2,1-2H3/t25-/m1/s1. The molecule has 0 saturated heterocycles. The summed E-state index contributed by atoms with van der Waals surface area (Å²) >= 11 is 10.8. The Balaban J connectivity index is 1.57. The Morgan fingerprint density at radius 2 is 1.85 bits per heavy atom. The van der Waals surface area contributed by atoms with Gasteiger partial charge in [0.25, 0.3) is 0 Å². The molecule has 0 aliphatic carbocycles. The zero-order chi connectivity index (χ0) is 24.6. The van der Waals surface area contributed by atoms with Gasteiger partial charge in [0.1, 0.15) is 23.6 Å². The number of carbonyl (C=O) groups is 1. The van der Waals surface area contributed by atoms with Crippen molar-refractivity contribution < 1.29 is 9.53 Å². The SMILES string of the molecule is CC(C)(C=O)N(CCCOc1ccc(-c2ccncc2)cc1)[C@H](S)Nc1ccc(C#N)c(Cl)c1. The Bertz CT molecular complexity index is 1130. The lowest BCUT2D eigenvalue weighted by atomic mass is 10.1. The number of carbonyl (C=O) groups excluding carboxylic acids is 1. The molecule has 0 saturated carbocycles. The smallest absolute Gasteiger partial charge is 0.139 e. The van der Waals surface area contributed by atoms with Crippen LogP contribution in [-0.2, 0) is 4.79 Å². The van der Waals surface area contributed by atoms with Crippen LogP contribution >= 0.6 is 24.2 Å². The maximum atomic E-state index is 11.8. The molecule has 34 heavy (non-hydrogen) atoms. The summed E-state index contributed by atoms with van der Waals surface area (Å²) in [6, 6.07) is 19.0. The molecular weight excluding hydrogens is 468 g/mol. The van der Waals surface area contributed by atoms with E-state index in [1.165, 1.54) is 0 Å². The highest BCUT2D eigenvalue weighted by atomic mass is 35.5. The predicted molar refractivity (Wildman–Crippen MR) is 139 cm³/mol.